The highest BCUT2D eigenvalue weighted by atomic mass is 35.5. The van der Waals surface area contributed by atoms with Gasteiger partial charge in [-0.15, -0.1) is 11.3 Å². The predicted molar refractivity (Wildman–Crippen MR) is 135 cm³/mol. The number of nitrogens with zero attached hydrogens (tertiary/aromatic N) is 2. The van der Waals surface area contributed by atoms with Crippen LogP contribution < -0.4 is 5.32 Å². The van der Waals surface area contributed by atoms with Crippen LogP contribution in [0.5, 0.6) is 0 Å². The molecule has 7 heteroatoms. The summed E-state index contributed by atoms with van der Waals surface area (Å²) in [7, 11) is 0. The molecule has 5 nitrogen and oxygen atoms in total. The molecule has 0 saturated carbocycles. The molecule has 1 aromatic heterocycles. The van der Waals surface area contributed by atoms with Crippen LogP contribution in [0.4, 0.5) is 0 Å². The van der Waals surface area contributed by atoms with Gasteiger partial charge in [-0.25, -0.2) is 4.98 Å². The average Bonchev–Trinajstić information content (AvgIpc) is 3.51. The molecule has 1 aromatic carbocycles. The molecule has 0 bridgehead atoms. The molecule has 2 unspecified atom stereocenters. The lowest BCUT2D eigenvalue weighted by Crippen LogP contribution is -2.51. The molecule has 176 valence electrons. The Morgan fingerprint density at radius 2 is 2.06 bits per heavy atom. The highest BCUT2D eigenvalue weighted by molar-refractivity contribution is 7.09. The number of carbonyl (C=O) groups is 2. The maximum atomic E-state index is 13.4. The monoisotopic (exact) mass is 485 g/mol. The minimum Gasteiger partial charge on any atom is -0.340 e. The lowest BCUT2D eigenvalue weighted by atomic mass is 10.0. The van der Waals surface area contributed by atoms with Crippen molar-refractivity contribution in [2.45, 2.75) is 58.5 Å². The summed E-state index contributed by atoms with van der Waals surface area (Å²) in [5, 5.41) is 5.88. The smallest absolute Gasteiger partial charge is 0.247 e. The van der Waals surface area contributed by atoms with Crippen molar-refractivity contribution >= 4 is 34.8 Å². The van der Waals surface area contributed by atoms with Crippen LogP contribution in [0.1, 0.15) is 56.6 Å². The SMILES string of the molecule is C/C(=C\C/C(=C\Cl)Cc1ccccc1)C(=O)NC(C(=O)N1CCCC1c1nccs1)C(C)C. The summed E-state index contributed by atoms with van der Waals surface area (Å²) in [6, 6.07) is 9.52. The zero-order chi connectivity index (χ0) is 23.8. The molecular weight excluding hydrogens is 454 g/mol. The molecule has 0 radical (unpaired) electrons. The molecule has 1 aliphatic heterocycles. The fourth-order valence-electron chi connectivity index (χ4n) is 4.02. The Hall–Kier alpha value is -2.44. The Morgan fingerprint density at radius 3 is 2.70 bits per heavy atom. The van der Waals surface area contributed by atoms with Gasteiger partial charge in [-0.3, -0.25) is 9.59 Å². The average molecular weight is 486 g/mol. The predicted octanol–water partition coefficient (Wildman–Crippen LogP) is 5.65. The number of halogens is 1. The zero-order valence-electron chi connectivity index (χ0n) is 19.5. The van der Waals surface area contributed by atoms with Gasteiger partial charge < -0.3 is 10.2 Å². The van der Waals surface area contributed by atoms with Crippen molar-refractivity contribution in [2.24, 2.45) is 5.92 Å². The minimum absolute atomic E-state index is 0.00157. The van der Waals surface area contributed by atoms with Gasteiger partial charge in [-0.1, -0.05) is 67.4 Å². The summed E-state index contributed by atoms with van der Waals surface area (Å²) in [5.41, 5.74) is 4.36. The Labute approximate surface area is 205 Å². The van der Waals surface area contributed by atoms with Crippen LogP contribution in [0.2, 0.25) is 0 Å². The van der Waals surface area contributed by atoms with E-state index in [1.165, 1.54) is 5.56 Å². The fraction of sp³-hybridized carbons (Fsp3) is 0.423. The molecule has 0 aliphatic carbocycles. The number of carbonyl (C=O) groups excluding carboxylic acids is 2. The van der Waals surface area contributed by atoms with Crippen molar-refractivity contribution in [3.63, 3.8) is 0 Å². The summed E-state index contributed by atoms with van der Waals surface area (Å²) < 4.78 is 0. The molecule has 2 aromatic rings. The van der Waals surface area contributed by atoms with E-state index in [0.29, 0.717) is 18.5 Å². The zero-order valence-corrected chi connectivity index (χ0v) is 21.0. The molecule has 0 spiro atoms. The van der Waals surface area contributed by atoms with Gasteiger partial charge in [-0.05, 0) is 44.1 Å². The first-order chi connectivity index (χ1) is 15.9. The van der Waals surface area contributed by atoms with E-state index in [4.69, 9.17) is 11.6 Å². The van der Waals surface area contributed by atoms with Crippen molar-refractivity contribution in [1.82, 2.24) is 15.2 Å². The van der Waals surface area contributed by atoms with Gasteiger partial charge in [-0.2, -0.15) is 0 Å². The normalized spacial score (nSPS) is 18.0. The van der Waals surface area contributed by atoms with E-state index in [1.807, 2.05) is 48.4 Å². The number of thiazole rings is 1. The molecule has 3 rings (SSSR count). The third-order valence-electron chi connectivity index (χ3n) is 5.95. The number of allylic oxidation sites excluding steroid dienone is 2. The molecule has 1 aliphatic rings. The van der Waals surface area contributed by atoms with Gasteiger partial charge in [0.25, 0.3) is 0 Å². The van der Waals surface area contributed by atoms with Crippen LogP contribution in [-0.2, 0) is 16.0 Å². The van der Waals surface area contributed by atoms with Crippen molar-refractivity contribution < 1.29 is 9.59 Å². The van der Waals surface area contributed by atoms with E-state index in [2.05, 4.69) is 22.4 Å². The van der Waals surface area contributed by atoms with Gasteiger partial charge >= 0.3 is 0 Å². The number of hydrogen-bond acceptors (Lipinski definition) is 4. The molecule has 1 N–H and O–H groups in total. The molecule has 2 amide bonds. The summed E-state index contributed by atoms with van der Waals surface area (Å²) in [4.78, 5) is 32.6. The van der Waals surface area contributed by atoms with E-state index in [9.17, 15) is 9.59 Å². The minimum atomic E-state index is -0.575. The maximum absolute atomic E-state index is 13.4. The standard InChI is InChI=1S/C26H32ClN3O2S/c1-18(2)23(26(32)30-14-7-10-22(30)25-28-13-15-33-25)29-24(31)19(3)11-12-21(17-27)16-20-8-5-4-6-9-20/h4-6,8-9,11,13,15,17-18,22-23H,7,10,12,14,16H2,1-3H3,(H,29,31)/b19-11+,21-17+. The third-order valence-corrected chi connectivity index (χ3v) is 7.13. The van der Waals surface area contributed by atoms with Crippen molar-refractivity contribution in [3.05, 3.63) is 75.2 Å². The van der Waals surface area contributed by atoms with Crippen molar-refractivity contribution in [3.8, 4) is 0 Å². The van der Waals surface area contributed by atoms with Crippen LogP contribution in [0.3, 0.4) is 0 Å². The van der Waals surface area contributed by atoms with Crippen molar-refractivity contribution in [1.29, 1.82) is 0 Å². The Morgan fingerprint density at radius 1 is 1.30 bits per heavy atom. The number of amides is 2. The van der Waals surface area contributed by atoms with E-state index >= 15 is 0 Å². The number of likely N-dealkylation sites (tertiary alicyclic amines) is 1. The van der Waals surface area contributed by atoms with Gasteiger partial charge in [0.1, 0.15) is 11.0 Å². The second-order valence-electron chi connectivity index (χ2n) is 8.78. The lowest BCUT2D eigenvalue weighted by Gasteiger charge is -2.30. The molecule has 33 heavy (non-hydrogen) atoms. The summed E-state index contributed by atoms with van der Waals surface area (Å²) in [6.45, 7) is 6.40. The number of hydrogen-bond donors (Lipinski definition) is 1. The van der Waals surface area contributed by atoms with Crippen LogP contribution in [0.15, 0.2) is 64.7 Å². The molecule has 1 saturated heterocycles. The van der Waals surface area contributed by atoms with Gasteiger partial charge in [0, 0.05) is 29.2 Å². The largest absolute Gasteiger partial charge is 0.340 e. The lowest BCUT2D eigenvalue weighted by molar-refractivity contribution is -0.137. The second-order valence-corrected chi connectivity index (χ2v) is 9.92. The molecule has 2 atom stereocenters. The number of nitrogens with one attached hydrogen (secondary N) is 1. The summed E-state index contributed by atoms with van der Waals surface area (Å²) in [6.07, 6.45) is 6.82. The van der Waals surface area contributed by atoms with Crippen LogP contribution in [0.25, 0.3) is 0 Å². The highest BCUT2D eigenvalue weighted by Crippen LogP contribution is 2.34. The number of aromatic nitrogens is 1. The van der Waals surface area contributed by atoms with E-state index in [1.54, 1.807) is 30.0 Å². The van der Waals surface area contributed by atoms with Crippen molar-refractivity contribution in [2.75, 3.05) is 6.54 Å². The first-order valence-corrected chi connectivity index (χ1v) is 12.7. The van der Waals surface area contributed by atoms with E-state index in [-0.39, 0.29) is 23.8 Å². The van der Waals surface area contributed by atoms with Gasteiger partial charge in [0.05, 0.1) is 6.04 Å². The molecule has 1 fully saturated rings. The number of rotatable bonds is 9. The maximum Gasteiger partial charge on any atom is 0.247 e. The first-order valence-electron chi connectivity index (χ1n) is 11.4. The van der Waals surface area contributed by atoms with E-state index < -0.39 is 6.04 Å². The fourth-order valence-corrected chi connectivity index (χ4v) is 4.98. The highest BCUT2D eigenvalue weighted by Gasteiger charge is 2.37. The molecule has 2 heterocycles. The number of benzene rings is 1. The van der Waals surface area contributed by atoms with E-state index in [0.717, 1.165) is 29.8 Å². The Kier molecular flexibility index (Phi) is 9.27. The van der Waals surface area contributed by atoms with Gasteiger partial charge in [0.15, 0.2) is 0 Å². The first kappa shape index (κ1) is 25.2. The quantitative estimate of drug-likeness (QED) is 0.467. The second kappa shape index (κ2) is 12.1. The topological polar surface area (TPSA) is 62.3 Å². The van der Waals surface area contributed by atoms with Crippen LogP contribution in [0, 0.1) is 5.92 Å². The Balaban J connectivity index is 1.63. The summed E-state index contributed by atoms with van der Waals surface area (Å²) >= 11 is 7.60. The van der Waals surface area contributed by atoms with Crippen LogP contribution in [-0.4, -0.2) is 34.3 Å². The third kappa shape index (κ3) is 6.78. The summed E-state index contributed by atoms with van der Waals surface area (Å²) in [5.74, 6) is -0.280. The van der Waals surface area contributed by atoms with Crippen LogP contribution >= 0.6 is 22.9 Å². The van der Waals surface area contributed by atoms with Gasteiger partial charge in [0.2, 0.25) is 11.8 Å². The Bertz CT molecular complexity index is 986. The molecular formula is C26H32ClN3O2S.